The van der Waals surface area contributed by atoms with Crippen LogP contribution in [0.3, 0.4) is 0 Å². The predicted octanol–water partition coefficient (Wildman–Crippen LogP) is 5.89. The Bertz CT molecular complexity index is 1700. The highest BCUT2D eigenvalue weighted by molar-refractivity contribution is 5.99. The Hall–Kier alpha value is -4.98. The molecule has 0 spiro atoms. The third-order valence-corrected chi connectivity index (χ3v) is 7.40. The maximum Gasteiger partial charge on any atom is 0.419 e. The second kappa shape index (κ2) is 12.4. The minimum atomic E-state index is -4.58. The lowest BCUT2D eigenvalue weighted by molar-refractivity contribution is -0.137. The molecule has 1 atom stereocenters. The molecule has 46 heavy (non-hydrogen) atoms. The summed E-state index contributed by atoms with van der Waals surface area (Å²) in [4.78, 5) is 34.1. The van der Waals surface area contributed by atoms with Gasteiger partial charge >= 0.3 is 12.3 Å². The van der Waals surface area contributed by atoms with Gasteiger partial charge in [0.2, 0.25) is 11.8 Å². The molecule has 1 aliphatic heterocycles. The van der Waals surface area contributed by atoms with Crippen LogP contribution in [-0.2, 0) is 27.7 Å². The summed E-state index contributed by atoms with van der Waals surface area (Å²) in [7, 11) is 1.56. The number of hydrogen-bond donors (Lipinski definition) is 1. The van der Waals surface area contributed by atoms with Crippen LogP contribution in [-0.4, -0.2) is 63.1 Å². The van der Waals surface area contributed by atoms with Crippen molar-refractivity contribution in [1.29, 1.82) is 0 Å². The molecule has 1 N–H and O–H groups in total. The van der Waals surface area contributed by atoms with Gasteiger partial charge < -0.3 is 23.9 Å². The van der Waals surface area contributed by atoms with Crippen LogP contribution in [0.1, 0.15) is 44.2 Å². The molecule has 1 fully saturated rings. The number of methoxy groups -OCH3 is 1. The summed E-state index contributed by atoms with van der Waals surface area (Å²) < 4.78 is 56.7. The molecule has 1 saturated heterocycles. The Balaban J connectivity index is 1.49. The highest BCUT2D eigenvalue weighted by atomic mass is 19.4. The zero-order valence-corrected chi connectivity index (χ0v) is 25.5. The number of carbonyl (C=O) groups excluding carboxylic acids is 2. The number of rotatable bonds is 8. The molecule has 242 valence electrons. The fourth-order valence-electron chi connectivity index (χ4n) is 5.06. The summed E-state index contributed by atoms with van der Waals surface area (Å²) in [6.07, 6.45) is -3.88. The molecule has 1 aliphatic rings. The van der Waals surface area contributed by atoms with Crippen molar-refractivity contribution >= 4 is 23.4 Å². The number of aromatic nitrogens is 3. The third-order valence-electron chi connectivity index (χ3n) is 7.40. The molecule has 2 amide bonds. The fraction of sp³-hybridized carbons (Fsp3) is 0.344. The molecule has 11 nitrogen and oxygen atoms in total. The number of alkyl halides is 3. The molecule has 0 aliphatic carbocycles. The van der Waals surface area contributed by atoms with Crippen LogP contribution in [0.2, 0.25) is 0 Å². The van der Waals surface area contributed by atoms with Gasteiger partial charge in [0.25, 0.3) is 5.89 Å². The van der Waals surface area contributed by atoms with Gasteiger partial charge in [0.05, 0.1) is 30.7 Å². The second-order valence-corrected chi connectivity index (χ2v) is 11.7. The van der Waals surface area contributed by atoms with E-state index in [1.165, 1.54) is 18.3 Å². The zero-order chi connectivity index (χ0) is 33.3. The quantitative estimate of drug-likeness (QED) is 0.251. The van der Waals surface area contributed by atoms with Gasteiger partial charge in [-0.05, 0) is 81.3 Å². The first-order chi connectivity index (χ1) is 21.8. The molecule has 0 bridgehead atoms. The summed E-state index contributed by atoms with van der Waals surface area (Å²) in [5.74, 6) is -0.0399. The van der Waals surface area contributed by atoms with Crippen LogP contribution in [0.5, 0.6) is 5.75 Å². The SMILES string of the molecule is COc1ccc(CN2CCC(CO)(c3nnc(-c4ncccc4N(C(=O)OC(C)(C)C)c4ccc(C(F)(F)F)cc4)o3)C2=O)cc1. The molecule has 3 heterocycles. The van der Waals surface area contributed by atoms with Crippen molar-refractivity contribution in [2.75, 3.05) is 25.2 Å². The van der Waals surface area contributed by atoms with Crippen LogP contribution >= 0.6 is 0 Å². The van der Waals surface area contributed by atoms with E-state index in [1.807, 2.05) is 12.1 Å². The highest BCUT2D eigenvalue weighted by Gasteiger charge is 2.52. The van der Waals surface area contributed by atoms with E-state index in [2.05, 4.69) is 15.2 Å². The number of nitrogens with zero attached hydrogens (tertiary/aromatic N) is 5. The number of ether oxygens (including phenoxy) is 2. The molecule has 5 rings (SSSR count). The van der Waals surface area contributed by atoms with Crippen LogP contribution < -0.4 is 9.64 Å². The zero-order valence-electron chi connectivity index (χ0n) is 25.5. The molecule has 1 unspecified atom stereocenters. The van der Waals surface area contributed by atoms with E-state index < -0.39 is 41.4 Å². The molecule has 14 heteroatoms. The largest absolute Gasteiger partial charge is 0.497 e. The van der Waals surface area contributed by atoms with Gasteiger partial charge in [0, 0.05) is 19.3 Å². The number of aliphatic hydroxyl groups excluding tert-OH is 1. The molecule has 0 radical (unpaired) electrons. The first-order valence-electron chi connectivity index (χ1n) is 14.3. The monoisotopic (exact) mass is 639 g/mol. The van der Waals surface area contributed by atoms with E-state index in [9.17, 15) is 27.9 Å². The van der Waals surface area contributed by atoms with Gasteiger partial charge in [0.15, 0.2) is 11.1 Å². The Labute approximate surface area is 262 Å². The molecule has 0 saturated carbocycles. The summed E-state index contributed by atoms with van der Waals surface area (Å²) in [5, 5.41) is 18.7. The third kappa shape index (κ3) is 6.52. The number of hydrogen-bond acceptors (Lipinski definition) is 9. The van der Waals surface area contributed by atoms with Crippen molar-refractivity contribution in [3.8, 4) is 17.3 Å². The number of pyridine rings is 1. The summed E-state index contributed by atoms with van der Waals surface area (Å²) in [5.41, 5.74) is -2.37. The average Bonchev–Trinajstić information content (AvgIpc) is 3.62. The van der Waals surface area contributed by atoms with E-state index in [-0.39, 0.29) is 41.8 Å². The van der Waals surface area contributed by atoms with Crippen molar-refractivity contribution in [3.63, 3.8) is 0 Å². The maximum absolute atomic E-state index is 13.7. The van der Waals surface area contributed by atoms with Gasteiger partial charge in [0.1, 0.15) is 11.4 Å². The first-order valence-corrected chi connectivity index (χ1v) is 14.3. The Morgan fingerprint density at radius 2 is 1.76 bits per heavy atom. The van der Waals surface area contributed by atoms with Crippen LogP contribution in [0, 0.1) is 0 Å². The molecule has 2 aromatic carbocycles. The van der Waals surface area contributed by atoms with Gasteiger partial charge in [-0.25, -0.2) is 14.7 Å². The number of likely N-dealkylation sites (tertiary alicyclic amines) is 1. The van der Waals surface area contributed by atoms with Crippen LogP contribution in [0.15, 0.2) is 71.3 Å². The normalized spacial score (nSPS) is 16.9. The standard InChI is InChI=1S/C32H32F3N5O6/c1-30(2,3)46-29(43)40(22-11-9-21(10-12-22)32(33,34)35)24-6-5-16-36-25(24)26-37-38-27(45-26)31(19-41)15-17-39(28(31)42)18-20-7-13-23(44-4)14-8-20/h5-14,16,41H,15,17-19H2,1-4H3. The van der Waals surface area contributed by atoms with Crippen molar-refractivity contribution in [1.82, 2.24) is 20.1 Å². The maximum atomic E-state index is 13.7. The summed E-state index contributed by atoms with van der Waals surface area (Å²) in [6.45, 7) is 4.95. The number of halogens is 3. The number of benzene rings is 2. The summed E-state index contributed by atoms with van der Waals surface area (Å²) in [6, 6.07) is 14.2. The Morgan fingerprint density at radius 3 is 2.37 bits per heavy atom. The van der Waals surface area contributed by atoms with Crippen LogP contribution in [0.4, 0.5) is 29.3 Å². The number of carbonyl (C=O) groups is 2. The van der Waals surface area contributed by atoms with E-state index >= 15 is 0 Å². The van der Waals surface area contributed by atoms with Crippen LogP contribution in [0.25, 0.3) is 11.6 Å². The minimum absolute atomic E-state index is 0.000585. The Kier molecular flexibility index (Phi) is 8.76. The Morgan fingerprint density at radius 1 is 1.07 bits per heavy atom. The van der Waals surface area contributed by atoms with Gasteiger partial charge in [-0.15, -0.1) is 10.2 Å². The lowest BCUT2D eigenvalue weighted by atomic mass is 9.87. The smallest absolute Gasteiger partial charge is 0.419 e. The lowest BCUT2D eigenvalue weighted by Crippen LogP contribution is -2.41. The molecular weight excluding hydrogens is 607 g/mol. The van der Waals surface area contributed by atoms with Gasteiger partial charge in [-0.3, -0.25) is 4.79 Å². The predicted molar refractivity (Wildman–Crippen MR) is 159 cm³/mol. The highest BCUT2D eigenvalue weighted by Crippen LogP contribution is 2.40. The first kappa shape index (κ1) is 32.4. The van der Waals surface area contributed by atoms with Crippen molar-refractivity contribution < 1.29 is 41.8 Å². The second-order valence-electron chi connectivity index (χ2n) is 11.7. The fourth-order valence-corrected chi connectivity index (χ4v) is 5.06. The number of aliphatic hydroxyl groups is 1. The van der Waals surface area contributed by atoms with Gasteiger partial charge in [-0.2, -0.15) is 13.2 Å². The van der Waals surface area contributed by atoms with E-state index in [0.717, 1.165) is 34.7 Å². The number of anilines is 2. The minimum Gasteiger partial charge on any atom is -0.497 e. The molecule has 2 aromatic heterocycles. The van der Waals surface area contributed by atoms with E-state index in [0.29, 0.717) is 12.3 Å². The van der Waals surface area contributed by atoms with Crippen molar-refractivity contribution in [2.24, 2.45) is 0 Å². The average molecular weight is 640 g/mol. The topological polar surface area (TPSA) is 131 Å². The van der Waals surface area contributed by atoms with Gasteiger partial charge in [-0.1, -0.05) is 12.1 Å². The van der Waals surface area contributed by atoms with E-state index in [1.54, 1.807) is 44.9 Å². The lowest BCUT2D eigenvalue weighted by Gasteiger charge is -2.28. The molecular formula is C32H32F3N5O6. The summed E-state index contributed by atoms with van der Waals surface area (Å²) >= 11 is 0. The van der Waals surface area contributed by atoms with E-state index in [4.69, 9.17) is 13.9 Å². The molecule has 4 aromatic rings. The van der Waals surface area contributed by atoms with Crippen molar-refractivity contribution in [2.45, 2.75) is 50.9 Å². The van der Waals surface area contributed by atoms with Crippen molar-refractivity contribution in [3.05, 3.63) is 83.9 Å². The number of amides is 2.